The summed E-state index contributed by atoms with van der Waals surface area (Å²) in [5.41, 5.74) is 1.60. The Balaban J connectivity index is 2.06. The first-order valence-corrected chi connectivity index (χ1v) is 9.80. The molecule has 0 amide bonds. The van der Waals surface area contributed by atoms with Gasteiger partial charge in [-0.25, -0.2) is 8.42 Å². The van der Waals surface area contributed by atoms with Crippen LogP contribution in [0.2, 0.25) is 0 Å². The van der Waals surface area contributed by atoms with Crippen LogP contribution in [0, 0.1) is 0 Å². The van der Waals surface area contributed by atoms with Gasteiger partial charge in [0.25, 0.3) is 10.0 Å². The summed E-state index contributed by atoms with van der Waals surface area (Å²) in [5.74, 6) is 0.494. The van der Waals surface area contributed by atoms with Crippen LogP contribution in [0.25, 0.3) is 0 Å². The van der Waals surface area contributed by atoms with Gasteiger partial charge in [-0.3, -0.25) is 4.72 Å². The lowest BCUT2D eigenvalue weighted by Crippen LogP contribution is -2.13. The SMILES string of the molecule is CCCCCCc1ccc(S(=O)(=O)Nc2ccccc2OC)cc1. The minimum absolute atomic E-state index is 0.255. The average Bonchev–Trinajstić information content (AvgIpc) is 2.59. The highest BCUT2D eigenvalue weighted by molar-refractivity contribution is 7.92. The molecule has 0 aliphatic heterocycles. The van der Waals surface area contributed by atoms with E-state index in [1.807, 2.05) is 12.1 Å². The van der Waals surface area contributed by atoms with Crippen LogP contribution in [0.15, 0.2) is 53.4 Å². The van der Waals surface area contributed by atoms with Crippen molar-refractivity contribution in [2.24, 2.45) is 0 Å². The molecule has 0 saturated carbocycles. The van der Waals surface area contributed by atoms with Crippen LogP contribution in [0.3, 0.4) is 0 Å². The second-order valence-electron chi connectivity index (χ2n) is 5.76. The van der Waals surface area contributed by atoms with Gasteiger partial charge in [-0.05, 0) is 42.7 Å². The average molecular weight is 347 g/mol. The lowest BCUT2D eigenvalue weighted by molar-refractivity contribution is 0.417. The number of sulfonamides is 1. The lowest BCUT2D eigenvalue weighted by atomic mass is 10.1. The Labute approximate surface area is 144 Å². The zero-order valence-electron chi connectivity index (χ0n) is 14.3. The first-order valence-electron chi connectivity index (χ1n) is 8.31. The monoisotopic (exact) mass is 347 g/mol. The van der Waals surface area contributed by atoms with Gasteiger partial charge >= 0.3 is 0 Å². The van der Waals surface area contributed by atoms with Gasteiger partial charge in [-0.15, -0.1) is 0 Å². The minimum atomic E-state index is -3.62. The largest absolute Gasteiger partial charge is 0.495 e. The van der Waals surface area contributed by atoms with Crippen molar-refractivity contribution in [2.75, 3.05) is 11.8 Å². The number of para-hydroxylation sites is 2. The van der Waals surface area contributed by atoms with Gasteiger partial charge in [-0.1, -0.05) is 50.5 Å². The number of methoxy groups -OCH3 is 1. The van der Waals surface area contributed by atoms with Crippen LogP contribution in [-0.2, 0) is 16.4 Å². The van der Waals surface area contributed by atoms with E-state index in [-0.39, 0.29) is 4.90 Å². The molecule has 1 N–H and O–H groups in total. The Morgan fingerprint density at radius 2 is 1.67 bits per heavy atom. The number of hydrogen-bond donors (Lipinski definition) is 1. The maximum atomic E-state index is 12.5. The molecule has 2 aromatic rings. The Kier molecular flexibility index (Phi) is 6.67. The number of aryl methyl sites for hydroxylation is 1. The molecule has 130 valence electrons. The molecule has 2 rings (SSSR count). The van der Waals surface area contributed by atoms with Crippen LogP contribution in [0.5, 0.6) is 5.75 Å². The van der Waals surface area contributed by atoms with Crippen molar-refractivity contribution in [1.82, 2.24) is 0 Å². The fraction of sp³-hybridized carbons (Fsp3) is 0.368. The molecular weight excluding hydrogens is 322 g/mol. The number of anilines is 1. The molecule has 0 unspecified atom stereocenters. The highest BCUT2D eigenvalue weighted by Crippen LogP contribution is 2.26. The summed E-state index contributed by atoms with van der Waals surface area (Å²) < 4.78 is 32.8. The molecule has 0 fully saturated rings. The summed E-state index contributed by atoms with van der Waals surface area (Å²) in [7, 11) is -2.11. The molecule has 5 heteroatoms. The van der Waals surface area contributed by atoms with Crippen molar-refractivity contribution in [3.8, 4) is 5.75 Å². The third-order valence-corrected chi connectivity index (χ3v) is 5.29. The van der Waals surface area contributed by atoms with Gasteiger partial charge < -0.3 is 4.74 Å². The van der Waals surface area contributed by atoms with Crippen LogP contribution in [0.4, 0.5) is 5.69 Å². The molecule has 24 heavy (non-hydrogen) atoms. The first kappa shape index (κ1) is 18.3. The Hall–Kier alpha value is -2.01. The molecule has 0 aromatic heterocycles. The fourth-order valence-corrected chi connectivity index (χ4v) is 3.59. The fourth-order valence-electron chi connectivity index (χ4n) is 2.52. The predicted molar refractivity (Wildman–Crippen MR) is 98.1 cm³/mol. The molecule has 0 atom stereocenters. The van der Waals surface area contributed by atoms with E-state index in [4.69, 9.17) is 4.74 Å². The van der Waals surface area contributed by atoms with Crippen molar-refractivity contribution in [1.29, 1.82) is 0 Å². The van der Waals surface area contributed by atoms with Gasteiger partial charge in [0.15, 0.2) is 0 Å². The number of hydrogen-bond acceptors (Lipinski definition) is 3. The van der Waals surface area contributed by atoms with Crippen molar-refractivity contribution < 1.29 is 13.2 Å². The van der Waals surface area contributed by atoms with Gasteiger partial charge in [0.1, 0.15) is 5.75 Å². The number of benzene rings is 2. The number of ether oxygens (including phenoxy) is 1. The summed E-state index contributed by atoms with van der Waals surface area (Å²) >= 11 is 0. The van der Waals surface area contributed by atoms with Crippen LogP contribution < -0.4 is 9.46 Å². The molecule has 0 bridgehead atoms. The molecule has 0 saturated heterocycles. The minimum Gasteiger partial charge on any atom is -0.495 e. The van der Waals surface area contributed by atoms with Gasteiger partial charge in [0, 0.05) is 0 Å². The van der Waals surface area contributed by atoms with Crippen molar-refractivity contribution in [2.45, 2.75) is 43.9 Å². The molecule has 0 aliphatic rings. The van der Waals surface area contributed by atoms with Crippen LogP contribution in [-0.4, -0.2) is 15.5 Å². The Morgan fingerprint density at radius 1 is 0.958 bits per heavy atom. The van der Waals surface area contributed by atoms with E-state index in [0.29, 0.717) is 11.4 Å². The third-order valence-electron chi connectivity index (χ3n) is 3.90. The summed E-state index contributed by atoms with van der Waals surface area (Å²) in [6.07, 6.45) is 5.80. The Bertz CT molecular complexity index is 739. The van der Waals surface area contributed by atoms with Gasteiger partial charge in [0.05, 0.1) is 17.7 Å². The first-order chi connectivity index (χ1) is 11.6. The molecule has 2 aromatic carbocycles. The molecule has 0 heterocycles. The highest BCUT2D eigenvalue weighted by Gasteiger charge is 2.16. The molecule has 0 aliphatic carbocycles. The molecule has 0 spiro atoms. The quantitative estimate of drug-likeness (QED) is 0.674. The summed E-state index contributed by atoms with van der Waals surface area (Å²) in [6.45, 7) is 2.19. The topological polar surface area (TPSA) is 55.4 Å². The van der Waals surface area contributed by atoms with E-state index in [1.54, 1.807) is 36.4 Å². The normalized spacial score (nSPS) is 11.2. The van der Waals surface area contributed by atoms with Crippen molar-refractivity contribution in [3.05, 3.63) is 54.1 Å². The highest BCUT2D eigenvalue weighted by atomic mass is 32.2. The van der Waals surface area contributed by atoms with E-state index >= 15 is 0 Å². The standard InChI is InChI=1S/C19H25NO3S/c1-3-4-5-6-9-16-12-14-17(15-13-16)24(21,22)20-18-10-7-8-11-19(18)23-2/h7-8,10-15,20H,3-6,9H2,1-2H3. The number of rotatable bonds is 9. The van der Waals surface area contributed by atoms with E-state index in [2.05, 4.69) is 11.6 Å². The van der Waals surface area contributed by atoms with Crippen LogP contribution >= 0.6 is 0 Å². The number of unbranched alkanes of at least 4 members (excludes halogenated alkanes) is 3. The van der Waals surface area contributed by atoms with Gasteiger partial charge in [-0.2, -0.15) is 0 Å². The van der Waals surface area contributed by atoms with Gasteiger partial charge in [0.2, 0.25) is 0 Å². The van der Waals surface area contributed by atoms with Crippen molar-refractivity contribution in [3.63, 3.8) is 0 Å². The lowest BCUT2D eigenvalue weighted by Gasteiger charge is -2.12. The van der Waals surface area contributed by atoms with E-state index in [9.17, 15) is 8.42 Å². The van der Waals surface area contributed by atoms with E-state index < -0.39 is 10.0 Å². The van der Waals surface area contributed by atoms with E-state index in [0.717, 1.165) is 12.8 Å². The van der Waals surface area contributed by atoms with Crippen LogP contribution in [0.1, 0.15) is 38.2 Å². The van der Waals surface area contributed by atoms with Crippen molar-refractivity contribution >= 4 is 15.7 Å². The summed E-state index contributed by atoms with van der Waals surface area (Å²) in [6, 6.07) is 14.1. The zero-order valence-corrected chi connectivity index (χ0v) is 15.1. The zero-order chi connectivity index (χ0) is 17.4. The second kappa shape index (κ2) is 8.73. The number of nitrogens with one attached hydrogen (secondary N) is 1. The smallest absolute Gasteiger partial charge is 0.262 e. The second-order valence-corrected chi connectivity index (χ2v) is 7.44. The molecule has 4 nitrogen and oxygen atoms in total. The summed E-state index contributed by atoms with van der Waals surface area (Å²) in [5, 5.41) is 0. The predicted octanol–water partition coefficient (Wildman–Crippen LogP) is 4.62. The van der Waals surface area contributed by atoms with E-state index in [1.165, 1.54) is 31.9 Å². The maximum absolute atomic E-state index is 12.5. The molecular formula is C19H25NO3S. The summed E-state index contributed by atoms with van der Waals surface area (Å²) in [4.78, 5) is 0.255. The maximum Gasteiger partial charge on any atom is 0.262 e. The Morgan fingerprint density at radius 3 is 2.33 bits per heavy atom. The third kappa shape index (κ3) is 4.99. The molecule has 0 radical (unpaired) electrons.